The molecule has 0 saturated carbocycles. The largest absolute Gasteiger partial charge is 0.497 e. The maximum Gasteiger partial charge on any atom is 0.191 e. The standard InChI is InChI=1S/C18H26N4O2S2/c1-14(24-16-7-4-6-15(12-16)23-3)13-22-17(19-2)20-8-5-10-25-18-21-9-11-26-18/h4,6-7,9,11-12,14H,5,8,10,13H2,1-3H3,(H2,19,20,22). The first-order valence-corrected chi connectivity index (χ1v) is 10.4. The Bertz CT molecular complexity index is 665. The second kappa shape index (κ2) is 11.6. The molecule has 1 aromatic carbocycles. The van der Waals surface area contributed by atoms with Gasteiger partial charge in [-0.25, -0.2) is 4.98 Å². The van der Waals surface area contributed by atoms with Gasteiger partial charge >= 0.3 is 0 Å². The number of ether oxygens (including phenoxy) is 2. The Morgan fingerprint density at radius 2 is 2.19 bits per heavy atom. The van der Waals surface area contributed by atoms with Gasteiger partial charge in [-0.2, -0.15) is 0 Å². The minimum Gasteiger partial charge on any atom is -0.497 e. The maximum atomic E-state index is 5.90. The van der Waals surface area contributed by atoms with Gasteiger partial charge in [0.15, 0.2) is 5.96 Å². The lowest BCUT2D eigenvalue weighted by Crippen LogP contribution is -2.42. The Hall–Kier alpha value is -1.93. The summed E-state index contributed by atoms with van der Waals surface area (Å²) < 4.78 is 12.2. The molecule has 26 heavy (non-hydrogen) atoms. The molecule has 0 fully saturated rings. The van der Waals surface area contributed by atoms with Crippen molar-refractivity contribution in [1.82, 2.24) is 15.6 Å². The highest BCUT2D eigenvalue weighted by Gasteiger charge is 2.06. The van der Waals surface area contributed by atoms with Gasteiger partial charge in [-0.1, -0.05) is 17.8 Å². The van der Waals surface area contributed by atoms with Crippen LogP contribution in [0.25, 0.3) is 0 Å². The summed E-state index contributed by atoms with van der Waals surface area (Å²) in [5.41, 5.74) is 0. The normalized spacial score (nSPS) is 12.5. The molecule has 0 amide bonds. The number of aliphatic imine (C=N–C) groups is 1. The Kier molecular flexibility index (Phi) is 9.13. The van der Waals surface area contributed by atoms with Crippen LogP contribution < -0.4 is 20.1 Å². The molecule has 1 atom stereocenters. The molecule has 2 aromatic rings. The number of benzene rings is 1. The molecule has 0 aliphatic carbocycles. The first kappa shape index (κ1) is 20.4. The van der Waals surface area contributed by atoms with Gasteiger partial charge in [0.1, 0.15) is 21.9 Å². The van der Waals surface area contributed by atoms with Gasteiger partial charge < -0.3 is 20.1 Å². The van der Waals surface area contributed by atoms with Gasteiger partial charge in [0.05, 0.1) is 13.7 Å². The molecule has 8 heteroatoms. The summed E-state index contributed by atoms with van der Waals surface area (Å²) in [6, 6.07) is 7.61. The van der Waals surface area contributed by atoms with Crippen LogP contribution in [0.1, 0.15) is 13.3 Å². The third-order valence-electron chi connectivity index (χ3n) is 3.41. The van der Waals surface area contributed by atoms with Crippen molar-refractivity contribution in [3.05, 3.63) is 35.8 Å². The third kappa shape index (κ3) is 7.53. The van der Waals surface area contributed by atoms with E-state index in [-0.39, 0.29) is 6.10 Å². The van der Waals surface area contributed by atoms with Crippen molar-refractivity contribution in [3.8, 4) is 11.5 Å². The lowest BCUT2D eigenvalue weighted by atomic mass is 10.3. The van der Waals surface area contributed by atoms with Crippen molar-refractivity contribution in [2.45, 2.75) is 23.8 Å². The number of hydrogen-bond acceptors (Lipinski definition) is 6. The molecule has 2 N–H and O–H groups in total. The molecule has 1 heterocycles. The SMILES string of the molecule is CN=C(NCCCSc1nccs1)NCC(C)Oc1cccc(OC)c1. The van der Waals surface area contributed by atoms with E-state index >= 15 is 0 Å². The summed E-state index contributed by atoms with van der Waals surface area (Å²) in [6.07, 6.45) is 2.88. The van der Waals surface area contributed by atoms with Gasteiger partial charge in [-0.05, 0) is 25.5 Å². The number of hydrogen-bond donors (Lipinski definition) is 2. The van der Waals surface area contributed by atoms with E-state index < -0.39 is 0 Å². The van der Waals surface area contributed by atoms with Crippen molar-refractivity contribution >= 4 is 29.1 Å². The number of methoxy groups -OCH3 is 1. The smallest absolute Gasteiger partial charge is 0.191 e. The molecule has 142 valence electrons. The maximum absolute atomic E-state index is 5.90. The van der Waals surface area contributed by atoms with Crippen LogP contribution in [0.4, 0.5) is 0 Å². The lowest BCUT2D eigenvalue weighted by Gasteiger charge is -2.18. The van der Waals surface area contributed by atoms with E-state index in [4.69, 9.17) is 9.47 Å². The minimum absolute atomic E-state index is 0.00103. The van der Waals surface area contributed by atoms with Crippen LogP contribution in [0.5, 0.6) is 11.5 Å². The molecule has 0 saturated heterocycles. The topological polar surface area (TPSA) is 67.8 Å². The molecule has 0 aliphatic rings. The summed E-state index contributed by atoms with van der Waals surface area (Å²) in [5.74, 6) is 3.40. The second-order valence-electron chi connectivity index (χ2n) is 5.49. The van der Waals surface area contributed by atoms with E-state index in [0.29, 0.717) is 6.54 Å². The van der Waals surface area contributed by atoms with Crippen LogP contribution >= 0.6 is 23.1 Å². The summed E-state index contributed by atoms with van der Waals surface area (Å²) in [7, 11) is 3.42. The average molecular weight is 395 g/mol. The zero-order valence-corrected chi connectivity index (χ0v) is 17.0. The average Bonchev–Trinajstić information content (AvgIpc) is 3.17. The number of nitrogens with one attached hydrogen (secondary N) is 2. The molecule has 0 bridgehead atoms. The molecule has 6 nitrogen and oxygen atoms in total. The van der Waals surface area contributed by atoms with E-state index in [1.165, 1.54) is 0 Å². The number of guanidine groups is 1. The molecule has 2 rings (SSSR count). The van der Waals surface area contributed by atoms with Gasteiger partial charge in [-0.3, -0.25) is 4.99 Å². The van der Waals surface area contributed by atoms with Crippen LogP contribution in [0.2, 0.25) is 0 Å². The number of rotatable bonds is 10. The Morgan fingerprint density at radius 1 is 1.35 bits per heavy atom. The zero-order chi connectivity index (χ0) is 18.6. The summed E-state index contributed by atoms with van der Waals surface area (Å²) >= 11 is 3.47. The fourth-order valence-corrected chi connectivity index (χ4v) is 3.78. The highest BCUT2D eigenvalue weighted by atomic mass is 32.2. The van der Waals surface area contributed by atoms with Crippen LogP contribution in [-0.2, 0) is 0 Å². The zero-order valence-electron chi connectivity index (χ0n) is 15.4. The van der Waals surface area contributed by atoms with Gasteiger partial charge in [0.2, 0.25) is 0 Å². The van der Waals surface area contributed by atoms with Gasteiger partial charge in [0, 0.05) is 37.0 Å². The van der Waals surface area contributed by atoms with E-state index in [2.05, 4.69) is 20.6 Å². The van der Waals surface area contributed by atoms with Crippen LogP contribution in [0, 0.1) is 0 Å². The second-order valence-corrected chi connectivity index (χ2v) is 7.72. The van der Waals surface area contributed by atoms with E-state index in [1.807, 2.05) is 42.8 Å². The van der Waals surface area contributed by atoms with Crippen molar-refractivity contribution in [2.75, 3.05) is 33.0 Å². The number of aromatic nitrogens is 1. The van der Waals surface area contributed by atoms with Crippen LogP contribution in [0.15, 0.2) is 45.2 Å². The first-order chi connectivity index (χ1) is 12.7. The number of thioether (sulfide) groups is 1. The summed E-state index contributed by atoms with van der Waals surface area (Å²) in [4.78, 5) is 8.51. The van der Waals surface area contributed by atoms with Crippen molar-refractivity contribution in [1.29, 1.82) is 0 Å². The summed E-state index contributed by atoms with van der Waals surface area (Å²) in [6.45, 7) is 3.54. The number of nitrogens with zero attached hydrogens (tertiary/aromatic N) is 2. The molecular weight excluding hydrogens is 368 g/mol. The monoisotopic (exact) mass is 394 g/mol. The first-order valence-electron chi connectivity index (χ1n) is 8.48. The van der Waals surface area contributed by atoms with Crippen molar-refractivity contribution < 1.29 is 9.47 Å². The minimum atomic E-state index is 0.00103. The predicted molar refractivity (Wildman–Crippen MR) is 110 cm³/mol. The predicted octanol–water partition coefficient (Wildman–Crippen LogP) is 3.27. The lowest BCUT2D eigenvalue weighted by molar-refractivity contribution is 0.223. The molecule has 1 aromatic heterocycles. The number of thiazole rings is 1. The Morgan fingerprint density at radius 3 is 2.92 bits per heavy atom. The third-order valence-corrected chi connectivity index (χ3v) is 5.46. The molecule has 0 aliphatic heterocycles. The van der Waals surface area contributed by atoms with E-state index in [0.717, 1.165) is 40.5 Å². The molecule has 1 unspecified atom stereocenters. The fraction of sp³-hybridized carbons (Fsp3) is 0.444. The fourth-order valence-electron chi connectivity index (χ4n) is 2.13. The van der Waals surface area contributed by atoms with Crippen LogP contribution in [0.3, 0.4) is 0 Å². The van der Waals surface area contributed by atoms with Crippen molar-refractivity contribution in [3.63, 3.8) is 0 Å². The van der Waals surface area contributed by atoms with E-state index in [1.54, 1.807) is 37.3 Å². The quantitative estimate of drug-likeness (QED) is 0.279. The highest BCUT2D eigenvalue weighted by molar-refractivity contribution is 8.00. The molecular formula is C18H26N4O2S2. The highest BCUT2D eigenvalue weighted by Crippen LogP contribution is 2.20. The van der Waals surface area contributed by atoms with E-state index in [9.17, 15) is 0 Å². The Balaban J connectivity index is 1.62. The van der Waals surface area contributed by atoms with Crippen molar-refractivity contribution in [2.24, 2.45) is 4.99 Å². The summed E-state index contributed by atoms with van der Waals surface area (Å²) in [5, 5.41) is 8.61. The van der Waals surface area contributed by atoms with Crippen LogP contribution in [-0.4, -0.2) is 50.0 Å². The Labute approximate surface area is 163 Å². The molecule has 0 spiro atoms. The van der Waals surface area contributed by atoms with Gasteiger partial charge in [0.25, 0.3) is 0 Å². The molecule has 0 radical (unpaired) electrons. The van der Waals surface area contributed by atoms with Gasteiger partial charge in [-0.15, -0.1) is 11.3 Å².